The van der Waals surface area contributed by atoms with Crippen LogP contribution < -0.4 is 20.3 Å². The van der Waals surface area contributed by atoms with Gasteiger partial charge in [-0.25, -0.2) is 5.43 Å². The zero-order valence-corrected chi connectivity index (χ0v) is 13.4. The van der Waals surface area contributed by atoms with Gasteiger partial charge in [-0.2, -0.15) is 0 Å². The Bertz CT molecular complexity index is 603. The van der Waals surface area contributed by atoms with Gasteiger partial charge in [-0.3, -0.25) is 10.2 Å². The number of nitrogens with one attached hydrogen (secondary N) is 2. The van der Waals surface area contributed by atoms with Crippen molar-refractivity contribution in [3.8, 4) is 11.5 Å². The topological polar surface area (TPSA) is 62.8 Å². The van der Waals surface area contributed by atoms with E-state index in [2.05, 4.69) is 10.9 Å². The summed E-state index contributed by atoms with van der Waals surface area (Å²) in [5.74, 6) is 2.36. The monoisotopic (exact) mass is 317 g/mol. The molecule has 1 saturated heterocycles. The molecule has 23 heavy (non-hydrogen) atoms. The van der Waals surface area contributed by atoms with Crippen molar-refractivity contribution in [3.05, 3.63) is 23.8 Å². The first kappa shape index (κ1) is 14.8. The number of amides is 1. The van der Waals surface area contributed by atoms with Crippen molar-refractivity contribution in [2.45, 2.75) is 18.9 Å². The van der Waals surface area contributed by atoms with E-state index in [0.29, 0.717) is 25.7 Å². The van der Waals surface area contributed by atoms with Crippen molar-refractivity contribution >= 4 is 5.91 Å². The molecule has 0 bridgehead atoms. The molecule has 2 unspecified atom stereocenters. The number of hydrogen-bond donors (Lipinski definition) is 2. The molecule has 2 aliphatic heterocycles. The standard InChI is InChI=1S/C17H23N3O3/c1-20(10-11-2-3-11)17(21)13-9-18-19-16(13)12-4-5-14-15(8-12)23-7-6-22-14/h4-5,8,11,13,16,18-19H,2-3,6-7,9-10H2,1H3. The van der Waals surface area contributed by atoms with Crippen LogP contribution in [0.5, 0.6) is 11.5 Å². The van der Waals surface area contributed by atoms with Crippen LogP contribution in [0.25, 0.3) is 0 Å². The fourth-order valence-electron chi connectivity index (χ4n) is 3.36. The van der Waals surface area contributed by atoms with Gasteiger partial charge in [0.05, 0.1) is 12.0 Å². The number of hydrazine groups is 1. The molecule has 124 valence electrons. The Morgan fingerprint density at radius 1 is 1.26 bits per heavy atom. The molecular formula is C17H23N3O3. The van der Waals surface area contributed by atoms with Gasteiger partial charge in [0.15, 0.2) is 11.5 Å². The molecule has 3 aliphatic rings. The van der Waals surface area contributed by atoms with Gasteiger partial charge in [0.2, 0.25) is 5.91 Å². The highest BCUT2D eigenvalue weighted by Gasteiger charge is 2.37. The van der Waals surface area contributed by atoms with Crippen molar-refractivity contribution in [2.24, 2.45) is 11.8 Å². The van der Waals surface area contributed by atoms with Gasteiger partial charge in [0, 0.05) is 20.1 Å². The minimum Gasteiger partial charge on any atom is -0.486 e. The summed E-state index contributed by atoms with van der Waals surface area (Å²) in [7, 11) is 1.92. The summed E-state index contributed by atoms with van der Waals surface area (Å²) in [5, 5.41) is 0. The Hall–Kier alpha value is -1.79. The smallest absolute Gasteiger partial charge is 0.228 e. The van der Waals surface area contributed by atoms with Crippen LogP contribution in [0.4, 0.5) is 0 Å². The predicted octanol–water partition coefficient (Wildman–Crippen LogP) is 1.09. The minimum atomic E-state index is -0.0960. The molecule has 2 heterocycles. The predicted molar refractivity (Wildman–Crippen MR) is 85.2 cm³/mol. The molecular weight excluding hydrogens is 294 g/mol. The maximum absolute atomic E-state index is 12.8. The number of nitrogens with zero attached hydrogens (tertiary/aromatic N) is 1. The molecule has 0 aromatic heterocycles. The van der Waals surface area contributed by atoms with Crippen LogP contribution >= 0.6 is 0 Å². The molecule has 2 atom stereocenters. The van der Waals surface area contributed by atoms with Gasteiger partial charge in [-0.15, -0.1) is 0 Å². The van der Waals surface area contributed by atoms with Crippen LogP contribution in [0.3, 0.4) is 0 Å². The number of carbonyl (C=O) groups excluding carboxylic acids is 1. The minimum absolute atomic E-state index is 0.0417. The fourth-order valence-corrected chi connectivity index (χ4v) is 3.36. The lowest BCUT2D eigenvalue weighted by Crippen LogP contribution is -2.37. The van der Waals surface area contributed by atoms with Gasteiger partial charge in [0.25, 0.3) is 0 Å². The van der Waals surface area contributed by atoms with Gasteiger partial charge in [-0.05, 0) is 36.5 Å². The van der Waals surface area contributed by atoms with E-state index in [-0.39, 0.29) is 17.9 Å². The molecule has 6 heteroatoms. The number of rotatable bonds is 4. The van der Waals surface area contributed by atoms with Crippen molar-refractivity contribution in [2.75, 3.05) is 33.4 Å². The van der Waals surface area contributed by atoms with E-state index in [4.69, 9.17) is 9.47 Å². The SMILES string of the molecule is CN(CC1CC1)C(=O)C1CNNC1c1ccc2c(c1)OCCO2. The van der Waals surface area contributed by atoms with Crippen LogP contribution in [-0.4, -0.2) is 44.2 Å². The Morgan fingerprint density at radius 2 is 2.04 bits per heavy atom. The first-order valence-electron chi connectivity index (χ1n) is 8.35. The first-order valence-corrected chi connectivity index (χ1v) is 8.35. The van der Waals surface area contributed by atoms with Crippen LogP contribution in [0.15, 0.2) is 18.2 Å². The highest BCUT2D eigenvalue weighted by Crippen LogP contribution is 2.36. The van der Waals surface area contributed by atoms with E-state index in [1.165, 1.54) is 12.8 Å². The Labute approximate surface area is 136 Å². The average molecular weight is 317 g/mol. The summed E-state index contributed by atoms with van der Waals surface area (Å²) in [4.78, 5) is 14.7. The van der Waals surface area contributed by atoms with E-state index in [0.717, 1.165) is 23.6 Å². The fraction of sp³-hybridized carbons (Fsp3) is 0.588. The summed E-state index contributed by atoms with van der Waals surface area (Å²) >= 11 is 0. The van der Waals surface area contributed by atoms with Crippen LogP contribution in [0, 0.1) is 11.8 Å². The summed E-state index contributed by atoms with van der Waals surface area (Å²) < 4.78 is 11.2. The first-order chi connectivity index (χ1) is 11.2. The van der Waals surface area contributed by atoms with Crippen molar-refractivity contribution < 1.29 is 14.3 Å². The van der Waals surface area contributed by atoms with Crippen LogP contribution in [0.2, 0.25) is 0 Å². The number of carbonyl (C=O) groups is 1. The number of benzene rings is 1. The molecule has 1 aliphatic carbocycles. The molecule has 2 fully saturated rings. The van der Waals surface area contributed by atoms with Crippen LogP contribution in [0.1, 0.15) is 24.4 Å². The van der Waals surface area contributed by atoms with Gasteiger partial charge in [0.1, 0.15) is 13.2 Å². The molecule has 4 rings (SSSR count). The molecule has 0 spiro atoms. The van der Waals surface area contributed by atoms with E-state index in [1.807, 2.05) is 30.1 Å². The maximum Gasteiger partial charge on any atom is 0.228 e. The van der Waals surface area contributed by atoms with Crippen molar-refractivity contribution in [3.63, 3.8) is 0 Å². The number of ether oxygens (including phenoxy) is 2. The highest BCUT2D eigenvalue weighted by atomic mass is 16.6. The summed E-state index contributed by atoms with van der Waals surface area (Å²) in [6.07, 6.45) is 2.51. The average Bonchev–Trinajstić information content (AvgIpc) is 3.26. The summed E-state index contributed by atoms with van der Waals surface area (Å²) in [6, 6.07) is 5.89. The summed E-state index contributed by atoms with van der Waals surface area (Å²) in [5.41, 5.74) is 7.43. The number of hydrogen-bond acceptors (Lipinski definition) is 5. The third-order valence-electron chi connectivity index (χ3n) is 4.83. The maximum atomic E-state index is 12.8. The largest absolute Gasteiger partial charge is 0.486 e. The van der Waals surface area contributed by atoms with Crippen LogP contribution in [-0.2, 0) is 4.79 Å². The Morgan fingerprint density at radius 3 is 2.83 bits per heavy atom. The Balaban J connectivity index is 1.51. The third kappa shape index (κ3) is 3.01. The molecule has 1 amide bonds. The second-order valence-corrected chi connectivity index (χ2v) is 6.67. The molecule has 1 saturated carbocycles. The van der Waals surface area contributed by atoms with E-state index in [1.54, 1.807) is 0 Å². The zero-order chi connectivity index (χ0) is 15.8. The number of fused-ring (bicyclic) bond motifs is 1. The summed E-state index contributed by atoms with van der Waals surface area (Å²) in [6.45, 7) is 2.68. The quantitative estimate of drug-likeness (QED) is 0.870. The third-order valence-corrected chi connectivity index (χ3v) is 4.83. The lowest BCUT2D eigenvalue weighted by Gasteiger charge is -2.25. The second-order valence-electron chi connectivity index (χ2n) is 6.67. The van der Waals surface area contributed by atoms with Gasteiger partial charge < -0.3 is 14.4 Å². The van der Waals surface area contributed by atoms with E-state index >= 15 is 0 Å². The van der Waals surface area contributed by atoms with Gasteiger partial charge >= 0.3 is 0 Å². The lowest BCUT2D eigenvalue weighted by atomic mass is 9.93. The Kier molecular flexibility index (Phi) is 3.87. The molecule has 6 nitrogen and oxygen atoms in total. The lowest BCUT2D eigenvalue weighted by molar-refractivity contribution is -0.134. The highest BCUT2D eigenvalue weighted by molar-refractivity contribution is 5.80. The van der Waals surface area contributed by atoms with E-state index in [9.17, 15) is 4.79 Å². The molecule has 2 N–H and O–H groups in total. The molecule has 1 aromatic carbocycles. The zero-order valence-electron chi connectivity index (χ0n) is 13.4. The van der Waals surface area contributed by atoms with E-state index < -0.39 is 0 Å². The molecule has 1 aromatic rings. The van der Waals surface area contributed by atoms with Crippen molar-refractivity contribution in [1.29, 1.82) is 0 Å². The van der Waals surface area contributed by atoms with Crippen molar-refractivity contribution in [1.82, 2.24) is 15.8 Å². The molecule has 0 radical (unpaired) electrons. The second kappa shape index (κ2) is 6.02. The van der Waals surface area contributed by atoms with Gasteiger partial charge in [-0.1, -0.05) is 6.07 Å². The normalized spacial score (nSPS) is 26.1.